The second-order valence-corrected chi connectivity index (χ2v) is 6.80. The second kappa shape index (κ2) is 6.78. The Morgan fingerprint density at radius 3 is 2.56 bits per heavy atom. The molecular formula is C21H12F2N2OS. The van der Waals surface area contributed by atoms with Gasteiger partial charge in [-0.15, -0.1) is 6.42 Å². The fourth-order valence-electron chi connectivity index (χ4n) is 2.97. The van der Waals surface area contributed by atoms with E-state index in [1.54, 1.807) is 4.57 Å². The highest BCUT2D eigenvalue weighted by Crippen LogP contribution is 2.27. The van der Waals surface area contributed by atoms with E-state index in [1.165, 1.54) is 17.4 Å². The minimum atomic E-state index is -0.979. The zero-order valence-electron chi connectivity index (χ0n) is 13.9. The molecule has 0 unspecified atom stereocenters. The van der Waals surface area contributed by atoms with Gasteiger partial charge in [0, 0.05) is 5.39 Å². The number of fused-ring (bicyclic) bond motifs is 3. The van der Waals surface area contributed by atoms with E-state index in [-0.39, 0.29) is 6.54 Å². The molecule has 3 aromatic carbocycles. The molecule has 0 aliphatic rings. The predicted molar refractivity (Wildman–Crippen MR) is 102 cm³/mol. The summed E-state index contributed by atoms with van der Waals surface area (Å²) in [4.78, 5) is 16.7. The normalized spacial score (nSPS) is 11.8. The van der Waals surface area contributed by atoms with Crippen LogP contribution in [0.2, 0.25) is 0 Å². The molecule has 27 heavy (non-hydrogen) atoms. The van der Waals surface area contributed by atoms with Crippen LogP contribution in [0.15, 0.2) is 59.6 Å². The lowest BCUT2D eigenvalue weighted by Gasteiger charge is -2.02. The Morgan fingerprint density at radius 2 is 1.81 bits per heavy atom. The lowest BCUT2D eigenvalue weighted by atomic mass is 10.1. The number of benzene rings is 3. The number of amides is 1. The highest BCUT2D eigenvalue weighted by Gasteiger charge is 2.17. The van der Waals surface area contributed by atoms with Crippen LogP contribution in [0.3, 0.4) is 0 Å². The topological polar surface area (TPSA) is 34.4 Å². The van der Waals surface area contributed by atoms with Gasteiger partial charge in [-0.25, -0.2) is 8.78 Å². The summed E-state index contributed by atoms with van der Waals surface area (Å²) in [5, 5.41) is 2.04. The van der Waals surface area contributed by atoms with Crippen molar-refractivity contribution < 1.29 is 13.6 Å². The first kappa shape index (κ1) is 17.1. The molecule has 0 aliphatic carbocycles. The van der Waals surface area contributed by atoms with Crippen LogP contribution >= 0.6 is 11.3 Å². The number of nitrogens with zero attached hydrogens (tertiary/aromatic N) is 2. The van der Waals surface area contributed by atoms with E-state index < -0.39 is 23.1 Å². The van der Waals surface area contributed by atoms with Gasteiger partial charge in [-0.05, 0) is 23.6 Å². The molecule has 3 nitrogen and oxygen atoms in total. The molecule has 0 N–H and O–H groups in total. The van der Waals surface area contributed by atoms with Crippen molar-refractivity contribution in [1.29, 1.82) is 0 Å². The number of carbonyl (C=O) groups excluding carboxylic acids is 1. The van der Waals surface area contributed by atoms with Crippen LogP contribution in [0.4, 0.5) is 8.78 Å². The van der Waals surface area contributed by atoms with Gasteiger partial charge in [0.2, 0.25) is 0 Å². The number of thiazole rings is 1. The van der Waals surface area contributed by atoms with Crippen molar-refractivity contribution in [1.82, 2.24) is 4.57 Å². The zero-order chi connectivity index (χ0) is 19.0. The summed E-state index contributed by atoms with van der Waals surface area (Å²) in [5.41, 5.74) is 0.143. The van der Waals surface area contributed by atoms with Crippen molar-refractivity contribution in [3.63, 3.8) is 0 Å². The lowest BCUT2D eigenvalue weighted by molar-refractivity contribution is 0.0990. The van der Waals surface area contributed by atoms with Gasteiger partial charge >= 0.3 is 0 Å². The summed E-state index contributed by atoms with van der Waals surface area (Å²) in [7, 11) is 0. The van der Waals surface area contributed by atoms with Crippen LogP contribution in [0.1, 0.15) is 10.4 Å². The van der Waals surface area contributed by atoms with Crippen LogP contribution < -0.4 is 4.80 Å². The highest BCUT2D eigenvalue weighted by atomic mass is 32.1. The third-order valence-electron chi connectivity index (χ3n) is 4.20. The summed E-state index contributed by atoms with van der Waals surface area (Å²) < 4.78 is 30.4. The maximum absolute atomic E-state index is 13.9. The number of hydrogen-bond acceptors (Lipinski definition) is 2. The van der Waals surface area contributed by atoms with Gasteiger partial charge in [0.15, 0.2) is 4.80 Å². The number of carbonyl (C=O) groups is 1. The number of terminal acetylenes is 1. The molecule has 1 amide bonds. The Bertz CT molecular complexity index is 1290. The number of halogens is 2. The smallest absolute Gasteiger partial charge is 0.285 e. The SMILES string of the molecule is C#CCn1c(=NC(=O)c2c(F)cccc2F)sc2c3ccccc3ccc21. The first-order valence-electron chi connectivity index (χ1n) is 8.08. The minimum Gasteiger partial charge on any atom is -0.305 e. The molecule has 1 heterocycles. The first-order valence-corrected chi connectivity index (χ1v) is 8.89. The van der Waals surface area contributed by atoms with Gasteiger partial charge in [-0.2, -0.15) is 4.99 Å². The third kappa shape index (κ3) is 2.92. The van der Waals surface area contributed by atoms with Crippen LogP contribution in [0.25, 0.3) is 21.0 Å². The summed E-state index contributed by atoms with van der Waals surface area (Å²) in [6.45, 7) is 0.185. The van der Waals surface area contributed by atoms with Gasteiger partial charge < -0.3 is 4.57 Å². The summed E-state index contributed by atoms with van der Waals surface area (Å²) in [6.07, 6.45) is 5.47. The molecule has 0 saturated heterocycles. The molecule has 0 aliphatic heterocycles. The standard InChI is InChI=1S/C21H12F2N2OS/c1-2-12-25-17-11-10-13-6-3-4-7-14(13)19(17)27-21(25)24-20(26)18-15(22)8-5-9-16(18)23/h1,3-11H,12H2. The first-order chi connectivity index (χ1) is 13.1. The maximum Gasteiger partial charge on any atom is 0.285 e. The van der Waals surface area contributed by atoms with Crippen LogP contribution in [0.5, 0.6) is 0 Å². The van der Waals surface area contributed by atoms with E-state index in [4.69, 9.17) is 6.42 Å². The maximum atomic E-state index is 13.9. The van der Waals surface area contributed by atoms with Gasteiger partial charge in [-0.3, -0.25) is 4.79 Å². The van der Waals surface area contributed by atoms with Crippen molar-refractivity contribution in [2.45, 2.75) is 6.54 Å². The van der Waals surface area contributed by atoms with Crippen molar-refractivity contribution in [3.05, 3.63) is 76.6 Å². The average Bonchev–Trinajstić information content (AvgIpc) is 3.00. The van der Waals surface area contributed by atoms with Gasteiger partial charge in [-0.1, -0.05) is 53.7 Å². The number of aromatic nitrogens is 1. The van der Waals surface area contributed by atoms with E-state index in [0.29, 0.717) is 4.80 Å². The van der Waals surface area contributed by atoms with E-state index in [0.717, 1.165) is 33.1 Å². The summed E-state index contributed by atoms with van der Waals surface area (Å²) >= 11 is 1.26. The quantitative estimate of drug-likeness (QED) is 0.473. The summed E-state index contributed by atoms with van der Waals surface area (Å²) in [6, 6.07) is 14.9. The Morgan fingerprint density at radius 1 is 1.07 bits per heavy atom. The zero-order valence-corrected chi connectivity index (χ0v) is 14.8. The predicted octanol–water partition coefficient (Wildman–Crippen LogP) is 4.51. The fraction of sp³-hybridized carbons (Fsp3) is 0.0476. The Kier molecular flexibility index (Phi) is 4.30. The van der Waals surface area contributed by atoms with Crippen LogP contribution in [-0.2, 0) is 6.54 Å². The molecule has 0 radical (unpaired) electrons. The molecule has 0 saturated carbocycles. The van der Waals surface area contributed by atoms with Gasteiger partial charge in [0.25, 0.3) is 5.91 Å². The monoisotopic (exact) mass is 378 g/mol. The van der Waals surface area contributed by atoms with E-state index in [9.17, 15) is 13.6 Å². The third-order valence-corrected chi connectivity index (χ3v) is 5.32. The molecule has 0 spiro atoms. The molecule has 132 valence electrons. The van der Waals surface area contributed by atoms with Gasteiger partial charge in [0.1, 0.15) is 17.2 Å². The molecule has 4 rings (SSSR count). The molecule has 4 aromatic rings. The Hall–Kier alpha value is -3.30. The van der Waals surface area contributed by atoms with Crippen LogP contribution in [0, 0.1) is 24.0 Å². The molecular weight excluding hydrogens is 366 g/mol. The molecule has 6 heteroatoms. The Balaban J connectivity index is 1.99. The molecule has 1 aromatic heterocycles. The number of rotatable bonds is 2. The molecule has 0 fully saturated rings. The average molecular weight is 378 g/mol. The van der Waals surface area contributed by atoms with E-state index in [2.05, 4.69) is 10.9 Å². The molecule has 0 atom stereocenters. The van der Waals surface area contributed by atoms with Crippen molar-refractivity contribution in [3.8, 4) is 12.3 Å². The van der Waals surface area contributed by atoms with Crippen molar-refractivity contribution in [2.75, 3.05) is 0 Å². The summed E-state index contributed by atoms with van der Waals surface area (Å²) in [5.74, 6) is -0.334. The Labute approximate surface area is 157 Å². The minimum absolute atomic E-state index is 0.185. The molecule has 0 bridgehead atoms. The highest BCUT2D eigenvalue weighted by molar-refractivity contribution is 7.17. The largest absolute Gasteiger partial charge is 0.305 e. The van der Waals surface area contributed by atoms with Crippen molar-refractivity contribution >= 4 is 38.2 Å². The van der Waals surface area contributed by atoms with Gasteiger partial charge in [0.05, 0.1) is 16.8 Å². The van der Waals surface area contributed by atoms with Crippen molar-refractivity contribution in [2.24, 2.45) is 4.99 Å². The van der Waals surface area contributed by atoms with E-state index in [1.807, 2.05) is 36.4 Å². The van der Waals surface area contributed by atoms with Crippen LogP contribution in [-0.4, -0.2) is 10.5 Å². The van der Waals surface area contributed by atoms with E-state index >= 15 is 0 Å². The second-order valence-electron chi connectivity index (χ2n) is 5.82. The fourth-order valence-corrected chi connectivity index (χ4v) is 4.14. The number of hydrogen-bond donors (Lipinski definition) is 0. The lowest BCUT2D eigenvalue weighted by Crippen LogP contribution is -2.17.